The van der Waals surface area contributed by atoms with Crippen LogP contribution in [0.1, 0.15) is 42.4 Å². The van der Waals surface area contributed by atoms with Crippen molar-refractivity contribution < 1.29 is 14.3 Å². The molecular formula is C30H28ClN3O4S. The summed E-state index contributed by atoms with van der Waals surface area (Å²) in [6, 6.07) is 14.4. The van der Waals surface area contributed by atoms with Gasteiger partial charge in [-0.3, -0.25) is 14.2 Å². The van der Waals surface area contributed by atoms with Gasteiger partial charge >= 0.3 is 0 Å². The van der Waals surface area contributed by atoms with Gasteiger partial charge in [0, 0.05) is 45.0 Å². The van der Waals surface area contributed by atoms with E-state index in [1.165, 1.54) is 18.3 Å². The number of nitrogens with zero attached hydrogens (tertiary/aromatic N) is 3. The molecule has 0 bridgehead atoms. The van der Waals surface area contributed by atoms with Crippen molar-refractivity contribution in [2.24, 2.45) is 4.99 Å². The minimum atomic E-state index is -0.678. The third-order valence-electron chi connectivity index (χ3n) is 6.98. The van der Waals surface area contributed by atoms with Crippen molar-refractivity contribution in [3.05, 3.63) is 107 Å². The maximum Gasteiger partial charge on any atom is 0.271 e. The lowest BCUT2D eigenvalue weighted by atomic mass is 9.92. The van der Waals surface area contributed by atoms with Gasteiger partial charge in [0.1, 0.15) is 11.5 Å². The normalized spacial score (nSPS) is 15.3. The molecule has 5 rings (SSSR count). The number of Topliss-reactive ketones (excluding diaryl/α,β-unsaturated/α-hetero) is 1. The lowest BCUT2D eigenvalue weighted by molar-refractivity contribution is -0.114. The van der Waals surface area contributed by atoms with Crippen molar-refractivity contribution in [3.8, 4) is 17.2 Å². The first-order valence-electron chi connectivity index (χ1n) is 12.3. The van der Waals surface area contributed by atoms with Crippen LogP contribution in [0.3, 0.4) is 0 Å². The lowest BCUT2D eigenvalue weighted by Gasteiger charge is -2.26. The van der Waals surface area contributed by atoms with Crippen molar-refractivity contribution in [3.63, 3.8) is 0 Å². The molecular weight excluding hydrogens is 534 g/mol. The van der Waals surface area contributed by atoms with Crippen molar-refractivity contribution in [2.75, 3.05) is 14.2 Å². The summed E-state index contributed by atoms with van der Waals surface area (Å²) >= 11 is 7.40. The second-order valence-corrected chi connectivity index (χ2v) is 10.8. The highest BCUT2D eigenvalue weighted by Gasteiger charge is 2.32. The number of aryl methyl sites for hydroxylation is 1. The molecule has 0 fully saturated rings. The van der Waals surface area contributed by atoms with Crippen molar-refractivity contribution >= 4 is 34.8 Å². The molecule has 2 aromatic heterocycles. The van der Waals surface area contributed by atoms with Gasteiger partial charge in [0.25, 0.3) is 5.56 Å². The maximum atomic E-state index is 14.0. The minimum absolute atomic E-state index is 0.153. The Morgan fingerprint density at radius 2 is 1.77 bits per heavy atom. The van der Waals surface area contributed by atoms with Crippen LogP contribution in [-0.2, 0) is 4.79 Å². The predicted molar refractivity (Wildman–Crippen MR) is 154 cm³/mol. The molecule has 7 nitrogen and oxygen atoms in total. The molecule has 1 aliphatic rings. The number of hydrogen-bond acceptors (Lipinski definition) is 6. The lowest BCUT2D eigenvalue weighted by Crippen LogP contribution is -2.39. The Labute approximate surface area is 234 Å². The fraction of sp³-hybridized carbons (Fsp3) is 0.233. The van der Waals surface area contributed by atoms with Crippen LogP contribution in [0, 0.1) is 13.8 Å². The molecule has 0 spiro atoms. The Kier molecular flexibility index (Phi) is 7.09. The summed E-state index contributed by atoms with van der Waals surface area (Å²) in [7, 11) is 3.13. The fourth-order valence-corrected chi connectivity index (χ4v) is 6.34. The first-order valence-corrected chi connectivity index (χ1v) is 13.5. The van der Waals surface area contributed by atoms with Crippen molar-refractivity contribution in [2.45, 2.75) is 33.7 Å². The van der Waals surface area contributed by atoms with E-state index in [0.717, 1.165) is 22.6 Å². The van der Waals surface area contributed by atoms with Crippen molar-refractivity contribution in [1.29, 1.82) is 0 Å². The summed E-state index contributed by atoms with van der Waals surface area (Å²) in [4.78, 5) is 32.0. The molecule has 1 aliphatic heterocycles. The topological polar surface area (TPSA) is 74.8 Å². The van der Waals surface area contributed by atoms with Gasteiger partial charge in [0.15, 0.2) is 10.6 Å². The molecule has 39 heavy (non-hydrogen) atoms. The Bertz CT molecular complexity index is 1830. The highest BCUT2D eigenvalue weighted by molar-refractivity contribution is 7.07. The monoisotopic (exact) mass is 561 g/mol. The number of ether oxygens (including phenoxy) is 2. The molecule has 0 saturated carbocycles. The zero-order valence-electron chi connectivity index (χ0n) is 22.5. The van der Waals surface area contributed by atoms with E-state index in [1.54, 1.807) is 37.8 Å². The molecule has 0 saturated heterocycles. The molecule has 0 unspecified atom stereocenters. The average Bonchev–Trinajstić information content (AvgIpc) is 3.37. The van der Waals surface area contributed by atoms with E-state index >= 15 is 0 Å². The summed E-state index contributed by atoms with van der Waals surface area (Å²) in [5.74, 6) is 0.984. The van der Waals surface area contributed by atoms with E-state index in [-0.39, 0.29) is 11.3 Å². The summed E-state index contributed by atoms with van der Waals surface area (Å²) in [5, 5.41) is 0.672. The van der Waals surface area contributed by atoms with Gasteiger partial charge in [-0.1, -0.05) is 22.9 Å². The van der Waals surface area contributed by atoms with Crippen LogP contribution in [0.25, 0.3) is 11.8 Å². The maximum absolute atomic E-state index is 14.0. The Morgan fingerprint density at radius 3 is 2.41 bits per heavy atom. The molecule has 0 N–H and O–H groups in total. The number of hydrogen-bond donors (Lipinski definition) is 0. The van der Waals surface area contributed by atoms with Gasteiger partial charge in [-0.05, 0) is 81.8 Å². The van der Waals surface area contributed by atoms with E-state index in [9.17, 15) is 9.59 Å². The van der Waals surface area contributed by atoms with Crippen LogP contribution in [0.4, 0.5) is 0 Å². The number of ketones is 1. The second kappa shape index (κ2) is 10.4. The summed E-state index contributed by atoms with van der Waals surface area (Å²) < 4.78 is 15.3. The number of fused-ring (bicyclic) bond motifs is 1. The zero-order valence-corrected chi connectivity index (χ0v) is 24.1. The molecule has 0 aliphatic carbocycles. The molecule has 4 aromatic rings. The number of allylic oxidation sites excluding steroid dienone is 2. The Balaban J connectivity index is 1.71. The Hall–Kier alpha value is -3.88. The SMILES string of the molecule is COc1ccc([C@@H]2C(C(C)=O)=C(C)N=c3s/c(=C/c4cc(C)n(-c5ccc(Cl)cc5)c4C)c(=O)n32)c(OC)c1. The molecule has 0 amide bonds. The average molecular weight is 562 g/mol. The van der Waals surface area contributed by atoms with Crippen LogP contribution in [0.15, 0.2) is 69.6 Å². The highest BCUT2D eigenvalue weighted by Crippen LogP contribution is 2.37. The summed E-state index contributed by atoms with van der Waals surface area (Å²) in [5.41, 5.74) is 5.45. The van der Waals surface area contributed by atoms with E-state index in [1.807, 2.05) is 50.3 Å². The van der Waals surface area contributed by atoms with E-state index in [0.29, 0.717) is 42.7 Å². The summed E-state index contributed by atoms with van der Waals surface area (Å²) in [6.45, 7) is 7.35. The summed E-state index contributed by atoms with van der Waals surface area (Å²) in [6.07, 6.45) is 1.90. The molecule has 2 aromatic carbocycles. The quantitative estimate of drug-likeness (QED) is 0.335. The van der Waals surface area contributed by atoms with Crippen LogP contribution >= 0.6 is 22.9 Å². The van der Waals surface area contributed by atoms with Crippen LogP contribution in [0.5, 0.6) is 11.5 Å². The first-order chi connectivity index (χ1) is 18.6. The van der Waals surface area contributed by atoms with Crippen LogP contribution in [0.2, 0.25) is 5.02 Å². The van der Waals surface area contributed by atoms with Gasteiger partial charge in [0.2, 0.25) is 0 Å². The molecule has 200 valence electrons. The third kappa shape index (κ3) is 4.64. The van der Waals surface area contributed by atoms with Gasteiger partial charge in [-0.25, -0.2) is 4.99 Å². The van der Waals surface area contributed by atoms with Gasteiger partial charge < -0.3 is 14.0 Å². The number of rotatable bonds is 6. The fourth-order valence-electron chi connectivity index (χ4n) is 5.17. The van der Waals surface area contributed by atoms with Crippen LogP contribution in [-0.4, -0.2) is 29.1 Å². The number of aromatic nitrogens is 2. The number of carbonyl (C=O) groups excluding carboxylic acids is 1. The highest BCUT2D eigenvalue weighted by atomic mass is 35.5. The molecule has 9 heteroatoms. The molecule has 1 atom stereocenters. The largest absolute Gasteiger partial charge is 0.497 e. The molecule has 0 radical (unpaired) electrons. The predicted octanol–water partition coefficient (Wildman–Crippen LogP) is 4.90. The number of thiazole rings is 1. The number of benzene rings is 2. The first kappa shape index (κ1) is 26.7. The van der Waals surface area contributed by atoms with Gasteiger partial charge in [-0.2, -0.15) is 0 Å². The third-order valence-corrected chi connectivity index (χ3v) is 8.21. The molecule has 3 heterocycles. The van der Waals surface area contributed by atoms with Crippen molar-refractivity contribution in [1.82, 2.24) is 9.13 Å². The van der Waals surface area contributed by atoms with E-state index in [2.05, 4.69) is 15.6 Å². The minimum Gasteiger partial charge on any atom is -0.497 e. The number of halogens is 1. The number of carbonyl (C=O) groups is 1. The van der Waals surface area contributed by atoms with E-state index in [4.69, 9.17) is 21.1 Å². The standard InChI is InChI=1S/C30H28ClN3O4S/c1-16-13-20(18(3)33(16)22-9-7-21(31)8-10-22)14-26-29(36)34-28(24-12-11-23(37-5)15-25(24)38-6)27(19(4)35)17(2)32-30(34)39-26/h7-15,28H,1-6H3/b26-14+/t28-/m1/s1. The smallest absolute Gasteiger partial charge is 0.271 e. The number of methoxy groups -OCH3 is 2. The zero-order chi connectivity index (χ0) is 28.0. The Morgan fingerprint density at radius 1 is 1.05 bits per heavy atom. The van der Waals surface area contributed by atoms with E-state index < -0.39 is 6.04 Å². The second-order valence-electron chi connectivity index (χ2n) is 9.38. The van der Waals surface area contributed by atoms with Gasteiger partial charge in [-0.15, -0.1) is 0 Å². The van der Waals surface area contributed by atoms with Crippen LogP contribution < -0.4 is 24.4 Å². The van der Waals surface area contributed by atoms with Gasteiger partial charge in [0.05, 0.1) is 24.8 Å².